The molecule has 1 nitrogen and oxygen atoms in total. The van der Waals surface area contributed by atoms with Crippen LogP contribution in [-0.4, -0.2) is 5.11 Å². The summed E-state index contributed by atoms with van der Waals surface area (Å²) in [6.45, 7) is 3.49. The number of rotatable bonds is 3. The van der Waals surface area contributed by atoms with Crippen molar-refractivity contribution in [1.82, 2.24) is 0 Å². The topological polar surface area (TPSA) is 20.2 Å². The van der Waals surface area contributed by atoms with Crippen molar-refractivity contribution < 1.29 is 9.50 Å². The third kappa shape index (κ3) is 3.38. The van der Waals surface area contributed by atoms with Crippen LogP contribution in [0.15, 0.2) is 24.3 Å². The third-order valence-corrected chi connectivity index (χ3v) is 2.38. The molecule has 0 aromatic heterocycles. The van der Waals surface area contributed by atoms with Crippen molar-refractivity contribution in [3.05, 3.63) is 35.6 Å². The minimum Gasteiger partial charge on any atom is -0.385 e. The first-order valence-corrected chi connectivity index (χ1v) is 4.94. The molecule has 0 bridgehead atoms. The molecule has 0 aliphatic rings. The van der Waals surface area contributed by atoms with Gasteiger partial charge in [-0.25, -0.2) is 4.39 Å². The second-order valence-electron chi connectivity index (χ2n) is 3.71. The zero-order chi connectivity index (χ0) is 11.3. The van der Waals surface area contributed by atoms with Crippen LogP contribution in [0.3, 0.4) is 0 Å². The summed E-state index contributed by atoms with van der Waals surface area (Å²) in [5, 5.41) is 10.1. The first-order chi connectivity index (χ1) is 7.06. The van der Waals surface area contributed by atoms with Gasteiger partial charge in [-0.1, -0.05) is 12.1 Å². The van der Waals surface area contributed by atoms with Crippen molar-refractivity contribution in [2.24, 2.45) is 0 Å². The molecular weight excluding hydrogens is 191 g/mol. The summed E-state index contributed by atoms with van der Waals surface area (Å²) in [6.07, 6.45) is 1.19. The highest BCUT2D eigenvalue weighted by Crippen LogP contribution is 2.25. The standard InChI is InChI=1S/C13H15FO/c1-3-4-5-10-13(2,15)11-6-8-12(14)9-7-11/h6-9,15H,5,10H2,1-2H3. The van der Waals surface area contributed by atoms with Crippen molar-refractivity contribution in [2.75, 3.05) is 0 Å². The Morgan fingerprint density at radius 3 is 2.47 bits per heavy atom. The van der Waals surface area contributed by atoms with Crippen molar-refractivity contribution in [3.63, 3.8) is 0 Å². The van der Waals surface area contributed by atoms with Gasteiger partial charge in [-0.15, -0.1) is 11.8 Å². The highest BCUT2D eigenvalue weighted by Gasteiger charge is 2.21. The normalized spacial score (nSPS) is 13.9. The van der Waals surface area contributed by atoms with E-state index in [1.165, 1.54) is 12.1 Å². The van der Waals surface area contributed by atoms with E-state index in [1.807, 2.05) is 0 Å². The number of halogens is 1. The van der Waals surface area contributed by atoms with Gasteiger partial charge >= 0.3 is 0 Å². The van der Waals surface area contributed by atoms with Gasteiger partial charge in [0.1, 0.15) is 5.82 Å². The Morgan fingerprint density at radius 1 is 1.33 bits per heavy atom. The van der Waals surface area contributed by atoms with Crippen molar-refractivity contribution in [3.8, 4) is 11.8 Å². The van der Waals surface area contributed by atoms with E-state index >= 15 is 0 Å². The van der Waals surface area contributed by atoms with Gasteiger partial charge in [-0.3, -0.25) is 0 Å². The number of aliphatic hydroxyl groups is 1. The largest absolute Gasteiger partial charge is 0.385 e. The fourth-order valence-electron chi connectivity index (χ4n) is 1.38. The molecule has 0 amide bonds. The van der Waals surface area contributed by atoms with Crippen molar-refractivity contribution in [2.45, 2.75) is 32.3 Å². The van der Waals surface area contributed by atoms with E-state index < -0.39 is 5.60 Å². The van der Waals surface area contributed by atoms with Crippen LogP contribution in [0.1, 0.15) is 32.3 Å². The predicted octanol–water partition coefficient (Wildman–Crippen LogP) is 2.84. The van der Waals surface area contributed by atoms with Crippen LogP contribution in [0.4, 0.5) is 4.39 Å². The Hall–Kier alpha value is -1.33. The fourth-order valence-corrected chi connectivity index (χ4v) is 1.38. The Kier molecular flexibility index (Phi) is 3.88. The van der Waals surface area contributed by atoms with E-state index in [-0.39, 0.29) is 5.82 Å². The summed E-state index contributed by atoms with van der Waals surface area (Å²) in [4.78, 5) is 0. The lowest BCUT2D eigenvalue weighted by molar-refractivity contribution is 0.0493. The van der Waals surface area contributed by atoms with Crippen LogP contribution in [0.5, 0.6) is 0 Å². The zero-order valence-corrected chi connectivity index (χ0v) is 9.05. The van der Waals surface area contributed by atoms with Gasteiger partial charge in [0.15, 0.2) is 0 Å². The summed E-state index contributed by atoms with van der Waals surface area (Å²) in [5.74, 6) is 5.39. The maximum Gasteiger partial charge on any atom is 0.123 e. The fraction of sp³-hybridized carbons (Fsp3) is 0.385. The Morgan fingerprint density at radius 2 is 1.93 bits per heavy atom. The lowest BCUT2D eigenvalue weighted by Gasteiger charge is -2.22. The van der Waals surface area contributed by atoms with Crippen molar-refractivity contribution in [1.29, 1.82) is 0 Å². The van der Waals surface area contributed by atoms with Crippen molar-refractivity contribution >= 4 is 0 Å². The summed E-state index contributed by atoms with van der Waals surface area (Å²) in [6, 6.07) is 5.92. The molecule has 0 saturated carbocycles. The average Bonchev–Trinajstić information content (AvgIpc) is 2.18. The summed E-state index contributed by atoms with van der Waals surface area (Å²) in [7, 11) is 0. The minimum absolute atomic E-state index is 0.289. The number of hydrogen-bond acceptors (Lipinski definition) is 1. The molecule has 0 aliphatic carbocycles. The first-order valence-electron chi connectivity index (χ1n) is 4.94. The molecule has 0 fully saturated rings. The number of benzene rings is 1. The molecule has 80 valence electrons. The molecule has 1 N–H and O–H groups in total. The molecule has 1 aromatic carbocycles. The van der Waals surface area contributed by atoms with E-state index in [1.54, 1.807) is 26.0 Å². The summed E-state index contributed by atoms with van der Waals surface area (Å²) >= 11 is 0. The maximum absolute atomic E-state index is 12.7. The molecule has 0 radical (unpaired) electrons. The van der Waals surface area contributed by atoms with Crippen LogP contribution in [0.25, 0.3) is 0 Å². The lowest BCUT2D eigenvalue weighted by Crippen LogP contribution is -2.20. The molecule has 1 atom stereocenters. The third-order valence-electron chi connectivity index (χ3n) is 2.38. The molecule has 2 heteroatoms. The quantitative estimate of drug-likeness (QED) is 0.754. The van der Waals surface area contributed by atoms with Gasteiger partial charge in [0, 0.05) is 6.42 Å². The van der Waals surface area contributed by atoms with E-state index in [4.69, 9.17) is 0 Å². The maximum atomic E-state index is 12.7. The Balaban J connectivity index is 2.74. The summed E-state index contributed by atoms with van der Waals surface area (Å²) in [5.41, 5.74) is -0.209. The van der Waals surface area contributed by atoms with Gasteiger partial charge in [0.25, 0.3) is 0 Å². The average molecular weight is 206 g/mol. The predicted molar refractivity (Wildman–Crippen MR) is 58.7 cm³/mol. The molecule has 0 spiro atoms. The molecular formula is C13H15FO. The lowest BCUT2D eigenvalue weighted by atomic mass is 9.91. The van der Waals surface area contributed by atoms with Gasteiger partial charge in [-0.05, 0) is 38.0 Å². The van der Waals surface area contributed by atoms with E-state index in [9.17, 15) is 9.50 Å². The minimum atomic E-state index is -0.933. The second-order valence-corrected chi connectivity index (χ2v) is 3.71. The summed E-state index contributed by atoms with van der Waals surface area (Å²) < 4.78 is 12.7. The van der Waals surface area contributed by atoms with Gasteiger partial charge in [-0.2, -0.15) is 0 Å². The molecule has 15 heavy (non-hydrogen) atoms. The number of hydrogen-bond donors (Lipinski definition) is 1. The first kappa shape index (κ1) is 11.7. The molecule has 0 heterocycles. The van der Waals surface area contributed by atoms with E-state index in [0.29, 0.717) is 12.8 Å². The molecule has 1 aromatic rings. The molecule has 1 unspecified atom stereocenters. The van der Waals surface area contributed by atoms with Gasteiger partial charge < -0.3 is 5.11 Å². The van der Waals surface area contributed by atoms with Crippen LogP contribution in [-0.2, 0) is 5.60 Å². The van der Waals surface area contributed by atoms with Crippen LogP contribution < -0.4 is 0 Å². The smallest absolute Gasteiger partial charge is 0.123 e. The van der Waals surface area contributed by atoms with Gasteiger partial charge in [0.2, 0.25) is 0 Å². The Labute approximate surface area is 89.9 Å². The monoisotopic (exact) mass is 206 g/mol. The second kappa shape index (κ2) is 4.95. The highest BCUT2D eigenvalue weighted by atomic mass is 19.1. The van der Waals surface area contributed by atoms with Crippen LogP contribution in [0.2, 0.25) is 0 Å². The zero-order valence-electron chi connectivity index (χ0n) is 9.05. The van der Waals surface area contributed by atoms with Crippen LogP contribution >= 0.6 is 0 Å². The molecule has 1 rings (SSSR count). The molecule has 0 aliphatic heterocycles. The highest BCUT2D eigenvalue weighted by molar-refractivity contribution is 5.22. The van der Waals surface area contributed by atoms with Gasteiger partial charge in [0.05, 0.1) is 5.60 Å². The van der Waals surface area contributed by atoms with E-state index in [2.05, 4.69) is 11.8 Å². The Bertz CT molecular complexity index is 368. The SMILES string of the molecule is CC#CCCC(C)(O)c1ccc(F)cc1. The van der Waals surface area contributed by atoms with Crippen LogP contribution in [0, 0.1) is 17.7 Å². The van der Waals surface area contributed by atoms with E-state index in [0.717, 1.165) is 5.56 Å². The molecule has 0 saturated heterocycles.